The molecule has 1 aliphatic heterocycles. The predicted octanol–water partition coefficient (Wildman–Crippen LogP) is 1.44. The highest BCUT2D eigenvalue weighted by Crippen LogP contribution is 2.26. The van der Waals surface area contributed by atoms with Gasteiger partial charge in [0.25, 0.3) is 0 Å². The summed E-state index contributed by atoms with van der Waals surface area (Å²) < 4.78 is 2.06. The van der Waals surface area contributed by atoms with Crippen molar-refractivity contribution in [3.63, 3.8) is 0 Å². The summed E-state index contributed by atoms with van der Waals surface area (Å²) in [4.78, 5) is 31.3. The van der Waals surface area contributed by atoms with E-state index in [-0.39, 0.29) is 18.2 Å². The zero-order chi connectivity index (χ0) is 19.5. The lowest BCUT2D eigenvalue weighted by Gasteiger charge is -2.34. The van der Waals surface area contributed by atoms with Gasteiger partial charge in [-0.05, 0) is 12.1 Å². The SMILES string of the molecule is CNC(=O)C[C@@H]1C(=O)NCCN1Cc1c(-c2ccccc2)nc2ccccn12. The van der Waals surface area contributed by atoms with Gasteiger partial charge in [0, 0.05) is 38.4 Å². The summed E-state index contributed by atoms with van der Waals surface area (Å²) in [5.41, 5.74) is 3.81. The smallest absolute Gasteiger partial charge is 0.237 e. The van der Waals surface area contributed by atoms with E-state index in [4.69, 9.17) is 4.98 Å². The Morgan fingerprint density at radius 2 is 2.00 bits per heavy atom. The zero-order valence-corrected chi connectivity index (χ0v) is 15.8. The number of aromatic nitrogens is 2. The molecule has 4 rings (SSSR count). The number of carbonyl (C=O) groups is 2. The van der Waals surface area contributed by atoms with Crippen molar-refractivity contribution >= 4 is 17.5 Å². The fourth-order valence-corrected chi connectivity index (χ4v) is 3.67. The molecule has 2 N–H and O–H groups in total. The molecule has 3 aromatic rings. The highest BCUT2D eigenvalue weighted by molar-refractivity contribution is 5.88. The molecule has 0 radical (unpaired) electrons. The van der Waals surface area contributed by atoms with Crippen LogP contribution in [0.5, 0.6) is 0 Å². The molecule has 7 heteroatoms. The molecule has 2 aromatic heterocycles. The van der Waals surface area contributed by atoms with Gasteiger partial charge >= 0.3 is 0 Å². The number of hydrogen-bond donors (Lipinski definition) is 2. The summed E-state index contributed by atoms with van der Waals surface area (Å²) in [5.74, 6) is -0.251. The standard InChI is InChI=1S/C21H23N5O2/c1-22-19(27)13-16-21(28)23-10-12-25(16)14-17-20(15-7-3-2-4-8-15)24-18-9-5-6-11-26(17)18/h2-9,11,16H,10,12-14H2,1H3,(H,22,27)(H,23,28)/t16-/m1/s1. The third kappa shape index (κ3) is 3.48. The van der Waals surface area contributed by atoms with E-state index in [2.05, 4.69) is 19.9 Å². The number of carbonyl (C=O) groups excluding carboxylic acids is 2. The molecule has 28 heavy (non-hydrogen) atoms. The number of nitrogens with zero attached hydrogens (tertiary/aromatic N) is 3. The molecule has 1 aromatic carbocycles. The van der Waals surface area contributed by atoms with Crippen molar-refractivity contribution < 1.29 is 9.59 Å². The van der Waals surface area contributed by atoms with E-state index in [0.29, 0.717) is 19.6 Å². The normalized spacial score (nSPS) is 17.5. The first kappa shape index (κ1) is 18.2. The molecule has 1 saturated heterocycles. The number of amides is 2. The fourth-order valence-electron chi connectivity index (χ4n) is 3.67. The minimum atomic E-state index is -0.494. The molecule has 7 nitrogen and oxygen atoms in total. The molecule has 0 saturated carbocycles. The largest absolute Gasteiger partial charge is 0.359 e. The third-order valence-corrected chi connectivity index (χ3v) is 5.13. The van der Waals surface area contributed by atoms with Gasteiger partial charge in [0.2, 0.25) is 11.8 Å². The second kappa shape index (κ2) is 7.82. The van der Waals surface area contributed by atoms with Gasteiger partial charge in [-0.3, -0.25) is 14.5 Å². The molecule has 0 unspecified atom stereocenters. The van der Waals surface area contributed by atoms with Crippen molar-refractivity contribution in [1.29, 1.82) is 0 Å². The van der Waals surface area contributed by atoms with Crippen LogP contribution in [0.25, 0.3) is 16.9 Å². The lowest BCUT2D eigenvalue weighted by Crippen LogP contribution is -2.56. The molecule has 0 spiro atoms. The topological polar surface area (TPSA) is 78.7 Å². The third-order valence-electron chi connectivity index (χ3n) is 5.13. The Balaban J connectivity index is 1.73. The summed E-state index contributed by atoms with van der Waals surface area (Å²) in [6.45, 7) is 1.78. The molecular weight excluding hydrogens is 354 g/mol. The second-order valence-electron chi connectivity index (χ2n) is 6.86. The van der Waals surface area contributed by atoms with Gasteiger partial charge in [-0.2, -0.15) is 0 Å². The Labute approximate surface area is 163 Å². The Kier molecular flexibility index (Phi) is 5.08. The van der Waals surface area contributed by atoms with Crippen LogP contribution in [-0.4, -0.2) is 52.3 Å². The van der Waals surface area contributed by atoms with Crippen molar-refractivity contribution in [3.05, 3.63) is 60.4 Å². The average Bonchev–Trinajstić information content (AvgIpc) is 3.09. The van der Waals surface area contributed by atoms with E-state index in [0.717, 1.165) is 22.6 Å². The van der Waals surface area contributed by atoms with Crippen LogP contribution in [0.1, 0.15) is 12.1 Å². The van der Waals surface area contributed by atoms with Crippen LogP contribution < -0.4 is 10.6 Å². The summed E-state index contributed by atoms with van der Waals surface area (Å²) in [6, 6.07) is 15.5. The molecule has 3 heterocycles. The summed E-state index contributed by atoms with van der Waals surface area (Å²) in [7, 11) is 1.59. The van der Waals surface area contributed by atoms with Crippen molar-refractivity contribution in [2.75, 3.05) is 20.1 Å². The van der Waals surface area contributed by atoms with Gasteiger partial charge in [-0.15, -0.1) is 0 Å². The fraction of sp³-hybridized carbons (Fsp3) is 0.286. The van der Waals surface area contributed by atoms with E-state index < -0.39 is 6.04 Å². The molecule has 1 atom stereocenters. The maximum absolute atomic E-state index is 12.4. The first-order valence-electron chi connectivity index (χ1n) is 9.41. The van der Waals surface area contributed by atoms with Crippen LogP contribution in [0.4, 0.5) is 0 Å². The molecule has 2 amide bonds. The number of pyridine rings is 1. The molecule has 0 bridgehead atoms. The van der Waals surface area contributed by atoms with Crippen molar-refractivity contribution in [1.82, 2.24) is 24.9 Å². The maximum atomic E-state index is 12.4. The van der Waals surface area contributed by atoms with Crippen molar-refractivity contribution in [2.45, 2.75) is 19.0 Å². The Hall–Kier alpha value is -3.19. The number of hydrogen-bond acceptors (Lipinski definition) is 4. The van der Waals surface area contributed by atoms with Crippen LogP contribution in [0.15, 0.2) is 54.7 Å². The molecule has 0 aliphatic carbocycles. The Morgan fingerprint density at radius 1 is 1.21 bits per heavy atom. The molecular formula is C21H23N5O2. The summed E-state index contributed by atoms with van der Waals surface area (Å²) in [6.07, 6.45) is 2.13. The maximum Gasteiger partial charge on any atom is 0.237 e. The summed E-state index contributed by atoms with van der Waals surface area (Å²) in [5, 5.41) is 5.49. The number of nitrogens with one attached hydrogen (secondary N) is 2. The van der Waals surface area contributed by atoms with Crippen LogP contribution in [0.3, 0.4) is 0 Å². The number of piperazine rings is 1. The Bertz CT molecular complexity index is 998. The van der Waals surface area contributed by atoms with Gasteiger partial charge in [-0.1, -0.05) is 36.4 Å². The summed E-state index contributed by atoms with van der Waals surface area (Å²) >= 11 is 0. The zero-order valence-electron chi connectivity index (χ0n) is 15.8. The number of benzene rings is 1. The first-order chi connectivity index (χ1) is 13.7. The monoisotopic (exact) mass is 377 g/mol. The van der Waals surface area contributed by atoms with E-state index in [1.807, 2.05) is 54.7 Å². The van der Waals surface area contributed by atoms with Gasteiger partial charge < -0.3 is 15.0 Å². The average molecular weight is 377 g/mol. The van der Waals surface area contributed by atoms with E-state index in [9.17, 15) is 9.59 Å². The molecule has 1 aliphatic rings. The number of fused-ring (bicyclic) bond motifs is 1. The minimum absolute atomic E-state index is 0.107. The second-order valence-corrected chi connectivity index (χ2v) is 6.86. The highest BCUT2D eigenvalue weighted by atomic mass is 16.2. The van der Waals surface area contributed by atoms with Gasteiger partial charge in [0.1, 0.15) is 5.65 Å². The first-order valence-corrected chi connectivity index (χ1v) is 9.41. The van der Waals surface area contributed by atoms with Crippen LogP contribution in [0, 0.1) is 0 Å². The van der Waals surface area contributed by atoms with E-state index >= 15 is 0 Å². The van der Waals surface area contributed by atoms with Crippen LogP contribution in [0.2, 0.25) is 0 Å². The minimum Gasteiger partial charge on any atom is -0.359 e. The highest BCUT2D eigenvalue weighted by Gasteiger charge is 2.32. The van der Waals surface area contributed by atoms with Crippen LogP contribution in [-0.2, 0) is 16.1 Å². The van der Waals surface area contributed by atoms with E-state index in [1.165, 1.54) is 0 Å². The van der Waals surface area contributed by atoms with Gasteiger partial charge in [-0.25, -0.2) is 4.98 Å². The van der Waals surface area contributed by atoms with Gasteiger partial charge in [0.05, 0.1) is 23.9 Å². The molecule has 1 fully saturated rings. The van der Waals surface area contributed by atoms with Crippen molar-refractivity contribution in [2.24, 2.45) is 0 Å². The molecule has 144 valence electrons. The predicted molar refractivity (Wildman–Crippen MR) is 107 cm³/mol. The van der Waals surface area contributed by atoms with Gasteiger partial charge in [0.15, 0.2) is 0 Å². The number of imidazole rings is 1. The number of rotatable bonds is 5. The lowest BCUT2D eigenvalue weighted by molar-refractivity contribution is -0.134. The van der Waals surface area contributed by atoms with E-state index in [1.54, 1.807) is 7.05 Å². The van der Waals surface area contributed by atoms with Crippen molar-refractivity contribution in [3.8, 4) is 11.3 Å². The Morgan fingerprint density at radius 3 is 2.79 bits per heavy atom. The lowest BCUT2D eigenvalue weighted by atomic mass is 10.1. The van der Waals surface area contributed by atoms with Crippen LogP contribution >= 0.6 is 0 Å². The quantitative estimate of drug-likeness (QED) is 0.705.